The monoisotopic (exact) mass is 627 g/mol. The van der Waals surface area contributed by atoms with E-state index in [1.165, 1.54) is 6.07 Å². The molecule has 3 heterocycles. The molecule has 1 aromatic heterocycles. The third kappa shape index (κ3) is 5.73. The maximum absolute atomic E-state index is 10.5. The predicted octanol–water partition coefficient (Wildman–Crippen LogP) is -2.44. The number of ether oxygens (including phenoxy) is 4. The molecule has 2 saturated heterocycles. The Hall–Kier alpha value is -3.75. The highest BCUT2D eigenvalue weighted by Gasteiger charge is 2.47. The maximum Gasteiger partial charge on any atom is 0.402 e. The minimum atomic E-state index is -1.88. The summed E-state index contributed by atoms with van der Waals surface area (Å²) in [6, 6.07) is 5.34. The van der Waals surface area contributed by atoms with Crippen LogP contribution in [0.3, 0.4) is 0 Å². The van der Waals surface area contributed by atoms with Crippen LogP contribution in [0.5, 0.6) is 34.5 Å². The number of hydrogen-bond acceptors (Lipinski definition) is 16. The number of rotatable bonds is 7. The summed E-state index contributed by atoms with van der Waals surface area (Å²) in [7, 11) is 0. The SMILES string of the molecule is OC[C@H]1O[C@@H](Oc2cc3c(O)cc(O)cc3[o+]c2-c2cc(O)c(O)c(O[C@@H]3O[C@H](CO)[C@@H](O)[C@H](O)[C@H]3O)c2)[C@H](O)[C@@H](O)[C@H]1O. The van der Waals surface area contributed by atoms with E-state index in [2.05, 4.69) is 0 Å². The molecule has 2 fully saturated rings. The molecular weight excluding hydrogens is 596 g/mol. The van der Waals surface area contributed by atoms with Crippen LogP contribution >= 0.6 is 0 Å². The van der Waals surface area contributed by atoms with Crippen molar-refractivity contribution in [2.45, 2.75) is 61.4 Å². The summed E-state index contributed by atoms with van der Waals surface area (Å²) in [6.45, 7) is -1.53. The van der Waals surface area contributed by atoms with Gasteiger partial charge in [-0.2, -0.15) is 0 Å². The lowest BCUT2D eigenvalue weighted by atomic mass is 9.99. The third-order valence-corrected chi connectivity index (χ3v) is 7.32. The van der Waals surface area contributed by atoms with E-state index in [4.69, 9.17) is 23.4 Å². The Morgan fingerprint density at radius 3 is 1.70 bits per heavy atom. The van der Waals surface area contributed by atoms with Gasteiger partial charge in [0, 0.05) is 24.3 Å². The molecule has 0 amide bonds. The summed E-state index contributed by atoms with van der Waals surface area (Å²) < 4.78 is 27.8. The van der Waals surface area contributed by atoms with Crippen molar-refractivity contribution >= 4 is 11.0 Å². The van der Waals surface area contributed by atoms with E-state index in [-0.39, 0.29) is 28.0 Å². The number of phenols is 4. The summed E-state index contributed by atoms with van der Waals surface area (Å²) in [4.78, 5) is 0. The van der Waals surface area contributed by atoms with Crippen LogP contribution in [0.25, 0.3) is 22.3 Å². The molecule has 0 aliphatic carbocycles. The molecule has 240 valence electrons. The summed E-state index contributed by atoms with van der Waals surface area (Å²) in [5.41, 5.74) is -0.258. The Morgan fingerprint density at radius 1 is 0.614 bits per heavy atom. The molecule has 2 aliphatic rings. The van der Waals surface area contributed by atoms with Gasteiger partial charge in [-0.15, -0.1) is 0 Å². The summed E-state index contributed by atoms with van der Waals surface area (Å²) >= 11 is 0. The van der Waals surface area contributed by atoms with E-state index in [1.54, 1.807) is 0 Å². The molecule has 0 radical (unpaired) electrons. The van der Waals surface area contributed by atoms with Crippen molar-refractivity contribution in [3.63, 3.8) is 0 Å². The number of aromatic hydroxyl groups is 4. The van der Waals surface area contributed by atoms with E-state index in [0.29, 0.717) is 0 Å². The second-order valence-electron chi connectivity index (χ2n) is 10.3. The lowest BCUT2D eigenvalue weighted by Gasteiger charge is -2.39. The predicted molar refractivity (Wildman–Crippen MR) is 142 cm³/mol. The molecule has 0 unspecified atom stereocenters. The van der Waals surface area contributed by atoms with Crippen molar-refractivity contribution in [2.75, 3.05) is 13.2 Å². The number of aliphatic hydroxyl groups excluding tert-OH is 8. The smallest absolute Gasteiger partial charge is 0.402 e. The molecule has 2 aliphatic heterocycles. The van der Waals surface area contributed by atoms with E-state index in [9.17, 15) is 61.3 Å². The van der Waals surface area contributed by atoms with Gasteiger partial charge in [-0.1, -0.05) is 0 Å². The molecule has 2 aromatic carbocycles. The standard InChI is InChI=1S/C27H30O17/c28-6-16-19(34)21(36)23(38)26(43-16)41-14-2-8(1-12(32)18(14)33)25-15(5-10-11(31)3-9(30)4-13(10)40-25)42-27-24(39)22(37)20(35)17(7-29)44-27/h1-5,16-17,19-24,26-29,34-39H,6-7H2,(H3-,30,31,32,33)/p+1/t16-,17-,19-,20+,21+,22+,23-,24-,26-,27-/m1/s1. The van der Waals surface area contributed by atoms with Crippen LogP contribution in [0.4, 0.5) is 0 Å². The first-order valence-electron chi connectivity index (χ1n) is 13.2. The molecule has 0 saturated carbocycles. The number of benzene rings is 2. The van der Waals surface area contributed by atoms with Crippen molar-refractivity contribution in [3.05, 3.63) is 30.3 Å². The van der Waals surface area contributed by atoms with Crippen LogP contribution in [-0.2, 0) is 9.47 Å². The molecule has 0 spiro atoms. The van der Waals surface area contributed by atoms with Gasteiger partial charge in [0.2, 0.25) is 24.1 Å². The second-order valence-corrected chi connectivity index (χ2v) is 10.3. The molecule has 5 rings (SSSR count). The van der Waals surface area contributed by atoms with E-state index in [0.717, 1.165) is 24.3 Å². The highest BCUT2D eigenvalue weighted by Crippen LogP contribution is 2.46. The first-order valence-corrected chi connectivity index (χ1v) is 13.2. The minimum absolute atomic E-state index is 0.0214. The average Bonchev–Trinajstić information content (AvgIpc) is 2.99. The molecule has 17 nitrogen and oxygen atoms in total. The van der Waals surface area contributed by atoms with E-state index in [1.807, 2.05) is 0 Å². The topological polar surface area (TPSA) is 291 Å². The van der Waals surface area contributed by atoms with Gasteiger partial charge in [-0.25, -0.2) is 4.42 Å². The summed E-state index contributed by atoms with van der Waals surface area (Å²) in [5, 5.41) is 122. The minimum Gasteiger partial charge on any atom is -0.507 e. The van der Waals surface area contributed by atoms with Gasteiger partial charge < -0.3 is 80.2 Å². The zero-order valence-corrected chi connectivity index (χ0v) is 22.5. The van der Waals surface area contributed by atoms with Crippen LogP contribution in [0.1, 0.15) is 0 Å². The quantitative estimate of drug-likeness (QED) is 0.0956. The molecule has 12 N–H and O–H groups in total. The number of hydrogen-bond donors (Lipinski definition) is 12. The fourth-order valence-corrected chi connectivity index (χ4v) is 4.87. The fourth-order valence-electron chi connectivity index (χ4n) is 4.87. The molecule has 17 heteroatoms. The highest BCUT2D eigenvalue weighted by atomic mass is 16.7. The summed E-state index contributed by atoms with van der Waals surface area (Å²) in [6.07, 6.45) is -17.0. The van der Waals surface area contributed by atoms with Crippen molar-refractivity contribution in [2.24, 2.45) is 0 Å². The molecule has 44 heavy (non-hydrogen) atoms. The maximum atomic E-state index is 10.5. The van der Waals surface area contributed by atoms with Gasteiger partial charge in [0.25, 0.3) is 0 Å². The number of fused-ring (bicyclic) bond motifs is 1. The average molecular weight is 628 g/mol. The van der Waals surface area contributed by atoms with Gasteiger partial charge >= 0.3 is 11.3 Å². The van der Waals surface area contributed by atoms with Crippen molar-refractivity contribution < 1.29 is 84.6 Å². The number of aliphatic hydroxyl groups is 8. The van der Waals surface area contributed by atoms with Gasteiger partial charge in [-0.05, 0) is 0 Å². The first kappa shape index (κ1) is 31.7. The van der Waals surface area contributed by atoms with Crippen LogP contribution in [0, 0.1) is 0 Å². The first-order chi connectivity index (χ1) is 20.8. The molecule has 10 atom stereocenters. The van der Waals surface area contributed by atoms with Crippen molar-refractivity contribution in [1.29, 1.82) is 0 Å². The Morgan fingerprint density at radius 2 is 1.16 bits per heavy atom. The highest BCUT2D eigenvalue weighted by molar-refractivity contribution is 5.88. The zero-order chi connectivity index (χ0) is 32.0. The van der Waals surface area contributed by atoms with Crippen LogP contribution in [0.15, 0.2) is 34.7 Å². The van der Waals surface area contributed by atoms with E-state index < -0.39 is 103 Å². The molecule has 0 bridgehead atoms. The van der Waals surface area contributed by atoms with Gasteiger partial charge in [0.15, 0.2) is 11.5 Å². The largest absolute Gasteiger partial charge is 0.507 e. The zero-order valence-electron chi connectivity index (χ0n) is 22.5. The van der Waals surface area contributed by atoms with Crippen LogP contribution < -0.4 is 9.47 Å². The lowest BCUT2D eigenvalue weighted by molar-refractivity contribution is -0.277. The second kappa shape index (κ2) is 12.3. The Bertz CT molecular complexity index is 1500. The Kier molecular flexibility index (Phi) is 8.87. The molecule has 3 aromatic rings. The van der Waals surface area contributed by atoms with Crippen molar-refractivity contribution in [1.82, 2.24) is 0 Å². The Labute approximate surface area is 246 Å². The van der Waals surface area contributed by atoms with Crippen LogP contribution in [0.2, 0.25) is 0 Å². The van der Waals surface area contributed by atoms with Crippen LogP contribution in [-0.4, -0.2) is 136 Å². The third-order valence-electron chi connectivity index (χ3n) is 7.32. The van der Waals surface area contributed by atoms with E-state index >= 15 is 0 Å². The van der Waals surface area contributed by atoms with Gasteiger partial charge in [0.05, 0.1) is 24.8 Å². The number of phenolic OH excluding ortho intramolecular Hbond substituents is 4. The fraction of sp³-hybridized carbons (Fsp3) is 0.444. The van der Waals surface area contributed by atoms with Crippen molar-refractivity contribution in [3.8, 4) is 45.8 Å². The van der Waals surface area contributed by atoms with Gasteiger partial charge in [-0.3, -0.25) is 0 Å². The summed E-state index contributed by atoms with van der Waals surface area (Å²) in [5.74, 6) is -3.73. The lowest BCUT2D eigenvalue weighted by Crippen LogP contribution is -2.60. The normalized spacial score (nSPS) is 32.5. The Balaban J connectivity index is 1.59. The molecular formula is C27H31O17+. The van der Waals surface area contributed by atoms with Gasteiger partial charge in [0.1, 0.15) is 65.7 Å².